The minimum absolute atomic E-state index is 0.171. The molecule has 1 unspecified atom stereocenters. The van der Waals surface area contributed by atoms with E-state index in [1.54, 1.807) is 16.5 Å². The highest BCUT2D eigenvalue weighted by Crippen LogP contribution is 2.45. The van der Waals surface area contributed by atoms with Gasteiger partial charge in [-0.15, -0.1) is 10.2 Å². The number of benzene rings is 3. The molecule has 0 bridgehead atoms. The second kappa shape index (κ2) is 13.1. The zero-order valence-electron chi connectivity index (χ0n) is 23.2. The van der Waals surface area contributed by atoms with Gasteiger partial charge in [0, 0.05) is 12.5 Å². The van der Waals surface area contributed by atoms with Crippen LogP contribution in [0, 0.1) is 0 Å². The van der Waals surface area contributed by atoms with Crippen molar-refractivity contribution in [3.63, 3.8) is 0 Å². The van der Waals surface area contributed by atoms with Crippen LogP contribution < -0.4 is 0 Å². The van der Waals surface area contributed by atoms with E-state index in [-0.39, 0.29) is 13.2 Å². The molecule has 0 aromatic heterocycles. The van der Waals surface area contributed by atoms with Crippen molar-refractivity contribution in [3.05, 3.63) is 126 Å². The van der Waals surface area contributed by atoms with Gasteiger partial charge in [0.15, 0.2) is 5.82 Å². The standard InChI is InChI=1S/C32H32N4O5S/c1-42-36-22-34-35-28-26(17-33-31(28)36)32(37)30(40-20-25-15-9-4-10-16-25)29(39-19-24-13-7-3-8-14-24)27(41-32)21-38-18-23-11-5-2-6-12-23/h2-17,22,27,29-30,37H,18-21H2,1H3/t27-,29-,30-,32?/m1/s1. The van der Waals surface area contributed by atoms with Crippen LogP contribution in [-0.2, 0) is 44.6 Å². The van der Waals surface area contributed by atoms with Crippen LogP contribution in [0.1, 0.15) is 22.3 Å². The topological polar surface area (TPSA) is 101 Å². The highest BCUT2D eigenvalue weighted by atomic mass is 32.2. The Morgan fingerprint density at radius 1 is 0.857 bits per heavy atom. The van der Waals surface area contributed by atoms with E-state index < -0.39 is 24.1 Å². The Kier molecular flexibility index (Phi) is 8.90. The van der Waals surface area contributed by atoms with Crippen molar-refractivity contribution < 1.29 is 24.1 Å². The summed E-state index contributed by atoms with van der Waals surface area (Å²) in [6.07, 6.45) is 2.81. The third kappa shape index (κ3) is 6.10. The van der Waals surface area contributed by atoms with E-state index >= 15 is 0 Å². The first-order chi connectivity index (χ1) is 20.7. The molecule has 0 aliphatic carbocycles. The minimum Gasteiger partial charge on any atom is -0.374 e. The van der Waals surface area contributed by atoms with Crippen molar-refractivity contribution in [1.82, 2.24) is 19.2 Å². The molecule has 9 nitrogen and oxygen atoms in total. The van der Waals surface area contributed by atoms with E-state index in [1.165, 1.54) is 11.9 Å². The lowest BCUT2D eigenvalue weighted by molar-refractivity contribution is -0.252. The molecule has 3 heterocycles. The molecule has 4 atom stereocenters. The average molecular weight is 585 g/mol. The third-order valence-corrected chi connectivity index (χ3v) is 7.88. The molecule has 3 aliphatic rings. The van der Waals surface area contributed by atoms with E-state index in [4.69, 9.17) is 18.9 Å². The SMILES string of the molecule is CSn1cnnc2c(C3(O)O[C@H](COCc4ccccc4)[C@@H](OCc4ccccc4)[C@H]3OCc3ccccc3)cnc1-2. The van der Waals surface area contributed by atoms with Crippen LogP contribution in [-0.4, -0.2) is 55.4 Å². The summed E-state index contributed by atoms with van der Waals surface area (Å²) < 4.78 is 27.4. The summed E-state index contributed by atoms with van der Waals surface area (Å²) in [5.41, 5.74) is 3.77. The van der Waals surface area contributed by atoms with Gasteiger partial charge in [0.05, 0.1) is 32.0 Å². The lowest BCUT2D eigenvalue weighted by Crippen LogP contribution is -2.44. The van der Waals surface area contributed by atoms with Crippen molar-refractivity contribution >= 4 is 11.9 Å². The molecule has 1 N–H and O–H groups in total. The Bertz CT molecular complexity index is 1520. The van der Waals surface area contributed by atoms with Crippen LogP contribution in [0.2, 0.25) is 0 Å². The second-order valence-electron chi connectivity index (χ2n) is 10.0. The Balaban J connectivity index is 1.33. The maximum Gasteiger partial charge on any atom is 0.226 e. The Morgan fingerprint density at radius 3 is 2.07 bits per heavy atom. The number of hydrogen-bond acceptors (Lipinski definition) is 9. The van der Waals surface area contributed by atoms with E-state index in [2.05, 4.69) is 15.2 Å². The van der Waals surface area contributed by atoms with E-state index in [9.17, 15) is 5.11 Å². The van der Waals surface area contributed by atoms with Crippen LogP contribution in [0.25, 0.3) is 11.5 Å². The maximum absolute atomic E-state index is 12.4. The lowest BCUT2D eigenvalue weighted by Gasteiger charge is -2.30. The normalized spacial score (nSPS) is 22.1. The van der Waals surface area contributed by atoms with E-state index in [1.807, 2.05) is 97.3 Å². The molecular weight excluding hydrogens is 552 g/mol. The van der Waals surface area contributed by atoms with Crippen molar-refractivity contribution in [2.45, 2.75) is 43.9 Å². The van der Waals surface area contributed by atoms with Crippen LogP contribution in [0.3, 0.4) is 0 Å². The summed E-state index contributed by atoms with van der Waals surface area (Å²) in [4.78, 5) is 4.55. The Hall–Kier alpha value is -3.64. The number of aliphatic hydroxyl groups is 1. The Morgan fingerprint density at radius 2 is 1.45 bits per heavy atom. The zero-order valence-corrected chi connectivity index (χ0v) is 24.0. The van der Waals surface area contributed by atoms with Crippen LogP contribution >= 0.6 is 11.9 Å². The fraction of sp³-hybridized carbons (Fsp3) is 0.281. The number of nitrogens with zero attached hydrogens (tertiary/aromatic N) is 4. The van der Waals surface area contributed by atoms with Gasteiger partial charge in [0.25, 0.3) is 0 Å². The summed E-state index contributed by atoms with van der Waals surface area (Å²) in [5, 5.41) is 20.8. The first-order valence-corrected chi connectivity index (χ1v) is 14.9. The molecule has 0 radical (unpaired) electrons. The van der Waals surface area contributed by atoms with E-state index in [0.29, 0.717) is 30.3 Å². The summed E-state index contributed by atoms with van der Waals surface area (Å²) in [6.45, 7) is 1.10. The molecule has 0 amide bonds. The number of hydrogen-bond donors (Lipinski definition) is 1. The molecule has 0 saturated carbocycles. The molecule has 10 heteroatoms. The molecule has 0 spiro atoms. The van der Waals surface area contributed by atoms with Gasteiger partial charge in [0.1, 0.15) is 30.3 Å². The third-order valence-electron chi connectivity index (χ3n) is 7.22. The summed E-state index contributed by atoms with van der Waals surface area (Å²) in [7, 11) is 0. The largest absolute Gasteiger partial charge is 0.374 e. The molecule has 216 valence electrons. The van der Waals surface area contributed by atoms with Gasteiger partial charge in [-0.3, -0.25) is 3.97 Å². The van der Waals surface area contributed by atoms with Gasteiger partial charge in [-0.1, -0.05) is 91.0 Å². The molecule has 42 heavy (non-hydrogen) atoms. The van der Waals surface area contributed by atoms with Gasteiger partial charge >= 0.3 is 0 Å². The predicted molar refractivity (Wildman–Crippen MR) is 158 cm³/mol. The van der Waals surface area contributed by atoms with Gasteiger partial charge in [0.2, 0.25) is 5.79 Å². The molecule has 3 aromatic rings. The molecular formula is C32H32N4O5S. The monoisotopic (exact) mass is 584 g/mol. The van der Waals surface area contributed by atoms with Gasteiger partial charge < -0.3 is 24.1 Å². The summed E-state index contributed by atoms with van der Waals surface area (Å²) >= 11 is 1.43. The zero-order chi connectivity index (χ0) is 28.8. The van der Waals surface area contributed by atoms with Crippen molar-refractivity contribution in [2.75, 3.05) is 12.9 Å². The van der Waals surface area contributed by atoms with Crippen molar-refractivity contribution in [3.8, 4) is 11.5 Å². The number of fused-ring (bicyclic) bond motifs is 1. The Labute approximate surface area is 248 Å². The van der Waals surface area contributed by atoms with Crippen molar-refractivity contribution in [2.24, 2.45) is 0 Å². The number of ether oxygens (including phenoxy) is 4. The smallest absolute Gasteiger partial charge is 0.226 e. The highest BCUT2D eigenvalue weighted by molar-refractivity contribution is 7.97. The summed E-state index contributed by atoms with van der Waals surface area (Å²) in [6, 6.07) is 29.6. The van der Waals surface area contributed by atoms with Crippen LogP contribution in [0.4, 0.5) is 0 Å². The predicted octanol–water partition coefficient (Wildman–Crippen LogP) is 4.84. The molecule has 1 fully saturated rings. The second-order valence-corrected chi connectivity index (χ2v) is 10.8. The van der Waals surface area contributed by atoms with Crippen LogP contribution in [0.5, 0.6) is 0 Å². The maximum atomic E-state index is 12.4. The van der Waals surface area contributed by atoms with Gasteiger partial charge in [-0.2, -0.15) is 0 Å². The minimum atomic E-state index is -1.93. The highest BCUT2D eigenvalue weighted by Gasteiger charge is 2.59. The van der Waals surface area contributed by atoms with Gasteiger partial charge in [-0.25, -0.2) is 4.98 Å². The fourth-order valence-corrected chi connectivity index (χ4v) is 5.58. The van der Waals surface area contributed by atoms with E-state index in [0.717, 1.165) is 16.7 Å². The van der Waals surface area contributed by atoms with Crippen LogP contribution in [0.15, 0.2) is 104 Å². The molecule has 3 aliphatic heterocycles. The summed E-state index contributed by atoms with van der Waals surface area (Å²) in [5.74, 6) is -1.37. The molecule has 6 rings (SSSR count). The van der Waals surface area contributed by atoms with Gasteiger partial charge in [-0.05, 0) is 28.6 Å². The fourth-order valence-electron chi connectivity index (χ4n) is 5.13. The first-order valence-electron chi connectivity index (χ1n) is 13.7. The number of rotatable bonds is 12. The molecule has 3 aromatic carbocycles. The average Bonchev–Trinajstić information content (AvgIpc) is 3.60. The van der Waals surface area contributed by atoms with Crippen molar-refractivity contribution in [1.29, 1.82) is 0 Å². The molecule has 1 saturated heterocycles. The first kappa shape index (κ1) is 28.5. The lowest BCUT2D eigenvalue weighted by atomic mass is 9.97. The number of aromatic nitrogens is 4. The quantitative estimate of drug-likeness (QED) is 0.221.